The van der Waals surface area contributed by atoms with E-state index in [4.69, 9.17) is 0 Å². The molecule has 0 radical (unpaired) electrons. The fourth-order valence-corrected chi connectivity index (χ4v) is 5.55. The summed E-state index contributed by atoms with van der Waals surface area (Å²) in [6.45, 7) is 8.92. The van der Waals surface area contributed by atoms with E-state index in [1.807, 2.05) is 6.92 Å². The summed E-state index contributed by atoms with van der Waals surface area (Å²) >= 11 is 0. The summed E-state index contributed by atoms with van der Waals surface area (Å²) in [7, 11) is 0. The average molecular weight is 328 g/mol. The number of carbonyl (C=O) groups excluding carboxylic acids is 1. The summed E-state index contributed by atoms with van der Waals surface area (Å²) in [5.41, 5.74) is 1.87. The van der Waals surface area contributed by atoms with Crippen LogP contribution in [0.2, 0.25) is 0 Å². The van der Waals surface area contributed by atoms with Gasteiger partial charge in [0.15, 0.2) is 0 Å². The van der Waals surface area contributed by atoms with E-state index >= 15 is 0 Å². The minimum Gasteiger partial charge on any atom is -0.342 e. The summed E-state index contributed by atoms with van der Waals surface area (Å²) in [5, 5.41) is 0. The lowest BCUT2D eigenvalue weighted by atomic mass is 9.63. The first-order chi connectivity index (χ1) is 11.5. The van der Waals surface area contributed by atoms with E-state index in [-0.39, 0.29) is 0 Å². The topological polar surface area (TPSA) is 20.3 Å². The highest BCUT2D eigenvalue weighted by Crippen LogP contribution is 2.54. The Kier molecular flexibility index (Phi) is 5.32. The summed E-state index contributed by atoms with van der Waals surface area (Å²) in [6, 6.07) is 10.9. The molecule has 3 unspecified atom stereocenters. The zero-order chi connectivity index (χ0) is 17.2. The quantitative estimate of drug-likeness (QED) is 0.768. The second-order valence-corrected chi connectivity index (χ2v) is 8.35. The minimum atomic E-state index is 0.348. The Balaban J connectivity index is 1.79. The van der Waals surface area contributed by atoms with Gasteiger partial charge >= 0.3 is 0 Å². The lowest BCUT2D eigenvalue weighted by Gasteiger charge is -2.41. The van der Waals surface area contributed by atoms with Crippen LogP contribution in [0.15, 0.2) is 30.3 Å². The third-order valence-electron chi connectivity index (χ3n) is 6.94. The zero-order valence-corrected chi connectivity index (χ0v) is 15.6. The number of benzene rings is 1. The van der Waals surface area contributed by atoms with Gasteiger partial charge in [-0.3, -0.25) is 4.79 Å². The van der Waals surface area contributed by atoms with E-state index in [9.17, 15) is 4.79 Å². The van der Waals surface area contributed by atoms with E-state index in [0.29, 0.717) is 29.6 Å². The Morgan fingerprint density at radius 2 is 2.04 bits per heavy atom. The molecule has 1 amide bonds. The monoisotopic (exact) mass is 327 g/mol. The average Bonchev–Trinajstić information content (AvgIpc) is 2.88. The largest absolute Gasteiger partial charge is 0.342 e. The Bertz CT molecular complexity index is 554. The molecule has 0 bridgehead atoms. The number of carbonyl (C=O) groups is 1. The van der Waals surface area contributed by atoms with Crippen LogP contribution in [0.1, 0.15) is 58.4 Å². The van der Waals surface area contributed by atoms with Crippen molar-refractivity contribution >= 4 is 5.91 Å². The highest BCUT2D eigenvalue weighted by Gasteiger charge is 2.48. The standard InChI is InChI=1S/C22H33NO/c1-4-21(24)23-14-12-20(22(3)13-8-11-19(22)16-23)17(2)15-18-9-6-5-7-10-18/h5-7,9-10,17,19-20H,4,8,11-16H2,1-3H3/t17-,19?,20?,22?/m0/s1. The van der Waals surface area contributed by atoms with Crippen LogP contribution in [0.5, 0.6) is 0 Å². The fraction of sp³-hybridized carbons (Fsp3) is 0.682. The molecule has 1 aliphatic heterocycles. The van der Waals surface area contributed by atoms with Gasteiger partial charge in [-0.2, -0.15) is 0 Å². The van der Waals surface area contributed by atoms with E-state index < -0.39 is 0 Å². The SMILES string of the molecule is CCC(=O)N1CCC([C@@H](C)Cc2ccccc2)C2(C)CCCC2C1. The highest BCUT2D eigenvalue weighted by atomic mass is 16.2. The molecule has 2 aliphatic rings. The Labute approximate surface area is 147 Å². The molecule has 0 spiro atoms. The van der Waals surface area contributed by atoms with E-state index in [1.54, 1.807) is 0 Å². The Morgan fingerprint density at radius 1 is 1.29 bits per heavy atom. The summed E-state index contributed by atoms with van der Waals surface area (Å²) < 4.78 is 0. The van der Waals surface area contributed by atoms with Crippen LogP contribution in [-0.4, -0.2) is 23.9 Å². The van der Waals surface area contributed by atoms with Gasteiger partial charge in [-0.05, 0) is 54.4 Å². The maximum Gasteiger partial charge on any atom is 0.222 e. The highest BCUT2D eigenvalue weighted by molar-refractivity contribution is 5.75. The molecule has 1 aliphatic carbocycles. The third-order valence-corrected chi connectivity index (χ3v) is 6.94. The summed E-state index contributed by atoms with van der Waals surface area (Å²) in [6.07, 6.45) is 6.97. The molecule has 3 rings (SSSR count). The van der Waals surface area contributed by atoms with Crippen LogP contribution in [0, 0.1) is 23.2 Å². The van der Waals surface area contributed by atoms with Crippen molar-refractivity contribution in [2.24, 2.45) is 23.2 Å². The van der Waals surface area contributed by atoms with Gasteiger partial charge in [0.2, 0.25) is 5.91 Å². The molecule has 1 saturated carbocycles. The van der Waals surface area contributed by atoms with Crippen LogP contribution in [0.4, 0.5) is 0 Å². The van der Waals surface area contributed by atoms with Crippen molar-refractivity contribution in [1.29, 1.82) is 0 Å². The molecule has 2 fully saturated rings. The van der Waals surface area contributed by atoms with Gasteiger partial charge in [0.05, 0.1) is 0 Å². The maximum absolute atomic E-state index is 12.3. The van der Waals surface area contributed by atoms with Crippen LogP contribution in [-0.2, 0) is 11.2 Å². The van der Waals surface area contributed by atoms with E-state index in [0.717, 1.165) is 25.4 Å². The Morgan fingerprint density at radius 3 is 2.75 bits per heavy atom. The summed E-state index contributed by atoms with van der Waals surface area (Å²) in [4.78, 5) is 14.5. The van der Waals surface area contributed by atoms with Crippen LogP contribution >= 0.6 is 0 Å². The molecule has 24 heavy (non-hydrogen) atoms. The number of likely N-dealkylation sites (tertiary alicyclic amines) is 1. The van der Waals surface area contributed by atoms with Gasteiger partial charge in [-0.15, -0.1) is 0 Å². The molecule has 1 heterocycles. The van der Waals surface area contributed by atoms with Gasteiger partial charge in [0.1, 0.15) is 0 Å². The number of hydrogen-bond acceptors (Lipinski definition) is 1. The maximum atomic E-state index is 12.3. The van der Waals surface area contributed by atoms with E-state index in [1.165, 1.54) is 31.2 Å². The normalized spacial score (nSPS) is 31.4. The number of amides is 1. The summed E-state index contributed by atoms with van der Waals surface area (Å²) in [5.74, 6) is 2.44. The van der Waals surface area contributed by atoms with Gasteiger partial charge in [0, 0.05) is 19.5 Å². The molecule has 4 atom stereocenters. The number of fused-ring (bicyclic) bond motifs is 1. The van der Waals surface area contributed by atoms with Gasteiger partial charge in [0.25, 0.3) is 0 Å². The lowest BCUT2D eigenvalue weighted by molar-refractivity contribution is -0.131. The van der Waals surface area contributed by atoms with Crippen molar-refractivity contribution in [3.05, 3.63) is 35.9 Å². The first-order valence-electron chi connectivity index (χ1n) is 9.86. The van der Waals surface area contributed by atoms with Crippen LogP contribution in [0.3, 0.4) is 0 Å². The molecule has 1 saturated heterocycles. The molecule has 132 valence electrons. The van der Waals surface area contributed by atoms with Crippen molar-refractivity contribution in [2.45, 2.75) is 59.3 Å². The molecular weight excluding hydrogens is 294 g/mol. The van der Waals surface area contributed by atoms with Crippen molar-refractivity contribution in [2.75, 3.05) is 13.1 Å². The molecule has 2 heteroatoms. The van der Waals surface area contributed by atoms with Crippen molar-refractivity contribution in [1.82, 2.24) is 4.90 Å². The smallest absolute Gasteiger partial charge is 0.222 e. The van der Waals surface area contributed by atoms with E-state index in [2.05, 4.69) is 49.1 Å². The molecule has 1 aromatic rings. The minimum absolute atomic E-state index is 0.348. The fourth-order valence-electron chi connectivity index (χ4n) is 5.55. The number of nitrogens with zero attached hydrogens (tertiary/aromatic N) is 1. The Hall–Kier alpha value is -1.31. The third kappa shape index (κ3) is 3.38. The van der Waals surface area contributed by atoms with Crippen molar-refractivity contribution in [3.8, 4) is 0 Å². The first-order valence-corrected chi connectivity index (χ1v) is 9.86. The predicted molar refractivity (Wildman–Crippen MR) is 99.7 cm³/mol. The predicted octanol–water partition coefficient (Wildman–Crippen LogP) is 4.93. The number of rotatable bonds is 4. The van der Waals surface area contributed by atoms with Crippen molar-refractivity contribution < 1.29 is 4.79 Å². The molecular formula is C22H33NO. The zero-order valence-electron chi connectivity index (χ0n) is 15.6. The number of hydrogen-bond donors (Lipinski definition) is 0. The van der Waals surface area contributed by atoms with Gasteiger partial charge < -0.3 is 4.90 Å². The van der Waals surface area contributed by atoms with Gasteiger partial charge in [-0.1, -0.05) is 57.5 Å². The second kappa shape index (κ2) is 7.29. The molecule has 2 nitrogen and oxygen atoms in total. The van der Waals surface area contributed by atoms with Crippen LogP contribution in [0.25, 0.3) is 0 Å². The molecule has 1 aromatic carbocycles. The molecule has 0 aromatic heterocycles. The lowest BCUT2D eigenvalue weighted by Crippen LogP contribution is -2.38. The van der Waals surface area contributed by atoms with Crippen molar-refractivity contribution in [3.63, 3.8) is 0 Å². The second-order valence-electron chi connectivity index (χ2n) is 8.35. The van der Waals surface area contributed by atoms with Gasteiger partial charge in [-0.25, -0.2) is 0 Å². The molecule has 0 N–H and O–H groups in total. The van der Waals surface area contributed by atoms with Crippen LogP contribution < -0.4 is 0 Å². The first kappa shape index (κ1) is 17.5.